The van der Waals surface area contributed by atoms with E-state index in [4.69, 9.17) is 4.74 Å². The molecule has 0 saturated carbocycles. The fourth-order valence-corrected chi connectivity index (χ4v) is 1.75. The molecular formula is C14H21F2NO. The van der Waals surface area contributed by atoms with Crippen LogP contribution in [0.2, 0.25) is 0 Å². The Morgan fingerprint density at radius 1 is 1.17 bits per heavy atom. The minimum atomic E-state index is -0.524. The maximum Gasteiger partial charge on any atom is 0.133 e. The van der Waals surface area contributed by atoms with Crippen molar-refractivity contribution >= 4 is 0 Å². The smallest absolute Gasteiger partial charge is 0.133 e. The van der Waals surface area contributed by atoms with Crippen molar-refractivity contribution in [2.75, 3.05) is 13.7 Å². The molecule has 4 heteroatoms. The zero-order valence-corrected chi connectivity index (χ0v) is 11.2. The van der Waals surface area contributed by atoms with E-state index >= 15 is 0 Å². The normalized spacial score (nSPS) is 11.0. The zero-order chi connectivity index (χ0) is 13.5. The Labute approximate surface area is 107 Å². The third-order valence-electron chi connectivity index (χ3n) is 2.76. The van der Waals surface area contributed by atoms with Gasteiger partial charge in [-0.25, -0.2) is 8.78 Å². The Morgan fingerprint density at radius 2 is 1.78 bits per heavy atom. The number of unbranched alkanes of at least 4 members (excludes halogenated alkanes) is 1. The van der Waals surface area contributed by atoms with E-state index in [0.29, 0.717) is 12.5 Å². The second kappa shape index (κ2) is 7.31. The van der Waals surface area contributed by atoms with E-state index in [2.05, 4.69) is 19.2 Å². The third kappa shape index (κ3) is 4.61. The largest absolute Gasteiger partial charge is 0.497 e. The average Bonchev–Trinajstić information content (AvgIpc) is 2.31. The van der Waals surface area contributed by atoms with E-state index in [-0.39, 0.29) is 11.3 Å². The first kappa shape index (κ1) is 14.9. The van der Waals surface area contributed by atoms with Crippen LogP contribution in [0, 0.1) is 11.6 Å². The van der Waals surface area contributed by atoms with Crippen LogP contribution in [0.15, 0.2) is 12.1 Å². The van der Waals surface area contributed by atoms with Crippen LogP contribution in [0.5, 0.6) is 5.75 Å². The predicted octanol–water partition coefficient (Wildman–Crippen LogP) is 3.29. The molecule has 1 aromatic rings. The van der Waals surface area contributed by atoms with E-state index < -0.39 is 11.6 Å². The van der Waals surface area contributed by atoms with E-state index in [1.807, 2.05) is 0 Å². The van der Waals surface area contributed by atoms with Gasteiger partial charge < -0.3 is 10.1 Å². The molecule has 102 valence electrons. The van der Waals surface area contributed by atoms with Crippen LogP contribution >= 0.6 is 0 Å². The molecule has 0 bridgehead atoms. The zero-order valence-electron chi connectivity index (χ0n) is 11.2. The van der Waals surface area contributed by atoms with Gasteiger partial charge in [-0.15, -0.1) is 0 Å². The van der Waals surface area contributed by atoms with Crippen LogP contribution in [0.3, 0.4) is 0 Å². The van der Waals surface area contributed by atoms with Gasteiger partial charge in [-0.1, -0.05) is 13.8 Å². The molecule has 0 amide bonds. The summed E-state index contributed by atoms with van der Waals surface area (Å²) >= 11 is 0. The third-order valence-corrected chi connectivity index (χ3v) is 2.76. The highest BCUT2D eigenvalue weighted by atomic mass is 19.1. The first-order valence-corrected chi connectivity index (χ1v) is 6.30. The first-order valence-electron chi connectivity index (χ1n) is 6.30. The van der Waals surface area contributed by atoms with E-state index in [9.17, 15) is 8.78 Å². The molecule has 0 aliphatic carbocycles. The van der Waals surface area contributed by atoms with Gasteiger partial charge in [0.05, 0.1) is 7.11 Å². The minimum Gasteiger partial charge on any atom is -0.497 e. The van der Waals surface area contributed by atoms with Gasteiger partial charge in [0, 0.05) is 23.7 Å². The molecule has 0 aliphatic rings. The second-order valence-corrected chi connectivity index (χ2v) is 4.64. The molecule has 1 rings (SSSR count). The maximum atomic E-state index is 13.6. The SMILES string of the molecule is COc1cc(F)c(CCCCNC(C)C)c(F)c1. The lowest BCUT2D eigenvalue weighted by Crippen LogP contribution is -2.23. The molecule has 1 N–H and O–H groups in total. The number of nitrogens with one attached hydrogen (secondary N) is 1. The molecule has 0 spiro atoms. The fraction of sp³-hybridized carbons (Fsp3) is 0.571. The van der Waals surface area contributed by atoms with Crippen molar-refractivity contribution in [3.05, 3.63) is 29.3 Å². The Morgan fingerprint density at radius 3 is 2.28 bits per heavy atom. The van der Waals surface area contributed by atoms with Gasteiger partial charge >= 0.3 is 0 Å². The average molecular weight is 257 g/mol. The van der Waals surface area contributed by atoms with Crippen molar-refractivity contribution < 1.29 is 13.5 Å². The lowest BCUT2D eigenvalue weighted by Gasteiger charge is -2.09. The van der Waals surface area contributed by atoms with Crippen molar-refractivity contribution in [1.29, 1.82) is 0 Å². The summed E-state index contributed by atoms with van der Waals surface area (Å²) in [5.74, 6) is -0.831. The van der Waals surface area contributed by atoms with Gasteiger partial charge in [0.1, 0.15) is 17.4 Å². The molecule has 0 aromatic heterocycles. The molecule has 0 saturated heterocycles. The Kier molecular flexibility index (Phi) is 6.05. The number of hydrogen-bond acceptors (Lipinski definition) is 2. The molecule has 1 aromatic carbocycles. The number of ether oxygens (including phenoxy) is 1. The van der Waals surface area contributed by atoms with Crippen LogP contribution in [0.1, 0.15) is 32.3 Å². The molecule has 0 atom stereocenters. The van der Waals surface area contributed by atoms with Gasteiger partial charge in [0.25, 0.3) is 0 Å². The standard InChI is InChI=1S/C14H21F2NO/c1-10(2)17-7-5-4-6-12-13(15)8-11(18-3)9-14(12)16/h8-10,17H,4-7H2,1-3H3. The summed E-state index contributed by atoms with van der Waals surface area (Å²) in [6.07, 6.45) is 2.09. The predicted molar refractivity (Wildman–Crippen MR) is 69.0 cm³/mol. The van der Waals surface area contributed by atoms with Gasteiger partial charge in [-0.2, -0.15) is 0 Å². The van der Waals surface area contributed by atoms with Gasteiger partial charge in [0.2, 0.25) is 0 Å². The van der Waals surface area contributed by atoms with E-state index in [1.54, 1.807) is 0 Å². The summed E-state index contributed by atoms with van der Waals surface area (Å²) in [6.45, 7) is 5.02. The van der Waals surface area contributed by atoms with Gasteiger partial charge in [0.15, 0.2) is 0 Å². The first-order chi connectivity index (χ1) is 8.54. The Hall–Kier alpha value is -1.16. The lowest BCUT2D eigenvalue weighted by atomic mass is 10.1. The van der Waals surface area contributed by atoms with Gasteiger partial charge in [-0.05, 0) is 25.8 Å². The Balaban J connectivity index is 2.47. The number of hydrogen-bond donors (Lipinski definition) is 1. The summed E-state index contributed by atoms with van der Waals surface area (Å²) in [7, 11) is 1.39. The molecule has 0 fully saturated rings. The summed E-state index contributed by atoms with van der Waals surface area (Å²) in [6, 6.07) is 2.90. The van der Waals surface area contributed by atoms with Crippen molar-refractivity contribution in [3.8, 4) is 5.75 Å². The van der Waals surface area contributed by atoms with E-state index in [1.165, 1.54) is 19.2 Å². The van der Waals surface area contributed by atoms with Crippen LogP contribution in [0.25, 0.3) is 0 Å². The number of benzene rings is 1. The van der Waals surface area contributed by atoms with Crippen LogP contribution in [0.4, 0.5) is 8.78 Å². The molecule has 18 heavy (non-hydrogen) atoms. The van der Waals surface area contributed by atoms with Crippen molar-refractivity contribution in [1.82, 2.24) is 5.32 Å². The van der Waals surface area contributed by atoms with Crippen LogP contribution in [-0.4, -0.2) is 19.7 Å². The minimum absolute atomic E-state index is 0.153. The summed E-state index contributed by atoms with van der Waals surface area (Å²) < 4.78 is 32.0. The molecule has 0 radical (unpaired) electrons. The highest BCUT2D eigenvalue weighted by molar-refractivity contribution is 5.30. The molecule has 0 heterocycles. The molecule has 0 unspecified atom stereocenters. The topological polar surface area (TPSA) is 21.3 Å². The number of rotatable bonds is 7. The number of methoxy groups -OCH3 is 1. The fourth-order valence-electron chi connectivity index (χ4n) is 1.75. The lowest BCUT2D eigenvalue weighted by molar-refractivity contribution is 0.404. The maximum absolute atomic E-state index is 13.6. The summed E-state index contributed by atoms with van der Waals surface area (Å²) in [5.41, 5.74) is 0.153. The monoisotopic (exact) mass is 257 g/mol. The van der Waals surface area contributed by atoms with Crippen molar-refractivity contribution in [3.63, 3.8) is 0 Å². The van der Waals surface area contributed by atoms with Crippen molar-refractivity contribution in [2.24, 2.45) is 0 Å². The second-order valence-electron chi connectivity index (χ2n) is 4.64. The molecule has 2 nitrogen and oxygen atoms in total. The van der Waals surface area contributed by atoms with Crippen LogP contribution < -0.4 is 10.1 Å². The highest BCUT2D eigenvalue weighted by Gasteiger charge is 2.11. The molecule has 0 aliphatic heterocycles. The molecular weight excluding hydrogens is 236 g/mol. The van der Waals surface area contributed by atoms with Crippen molar-refractivity contribution in [2.45, 2.75) is 39.2 Å². The summed E-state index contributed by atoms with van der Waals surface area (Å²) in [4.78, 5) is 0. The summed E-state index contributed by atoms with van der Waals surface area (Å²) in [5, 5.41) is 3.27. The highest BCUT2D eigenvalue weighted by Crippen LogP contribution is 2.21. The van der Waals surface area contributed by atoms with E-state index in [0.717, 1.165) is 19.4 Å². The van der Waals surface area contributed by atoms with Crippen LogP contribution in [-0.2, 0) is 6.42 Å². The Bertz CT molecular complexity index is 357. The number of halogens is 2. The van der Waals surface area contributed by atoms with Gasteiger partial charge in [-0.3, -0.25) is 0 Å². The quantitative estimate of drug-likeness (QED) is 0.757.